The maximum Gasteiger partial charge on any atom is 0.336 e. The second-order valence-electron chi connectivity index (χ2n) is 10.4. The van der Waals surface area contributed by atoms with Gasteiger partial charge in [-0.1, -0.05) is 36.0 Å². The molecule has 6 N–H and O–H groups in total. The van der Waals surface area contributed by atoms with Crippen LogP contribution in [0.1, 0.15) is 37.4 Å². The Morgan fingerprint density at radius 3 is 2.22 bits per heavy atom. The second-order valence-corrected chi connectivity index (χ2v) is 13.7. The Labute approximate surface area is 287 Å². The van der Waals surface area contributed by atoms with Gasteiger partial charge in [0.2, 0.25) is 5.13 Å². The summed E-state index contributed by atoms with van der Waals surface area (Å²) in [6.07, 6.45) is 2.27. The second kappa shape index (κ2) is 16.6. The molecule has 4 heterocycles. The molecule has 5 rings (SSSR count). The van der Waals surface area contributed by atoms with E-state index in [4.69, 9.17) is 25.2 Å². The van der Waals surface area contributed by atoms with Crippen LogP contribution >= 0.6 is 23.3 Å². The maximum absolute atomic E-state index is 11.3. The first-order valence-corrected chi connectivity index (χ1v) is 17.2. The van der Waals surface area contributed by atoms with Crippen molar-refractivity contribution >= 4 is 62.5 Å². The van der Waals surface area contributed by atoms with Crippen molar-refractivity contribution in [3.63, 3.8) is 0 Å². The predicted molar refractivity (Wildman–Crippen MR) is 174 cm³/mol. The highest BCUT2D eigenvalue weighted by atomic mass is 32.2. The average Bonchev–Trinajstić information content (AvgIpc) is 3.51. The quantitative estimate of drug-likeness (QED) is 0.107. The monoisotopic (exact) mass is 734 g/mol. The smallest absolute Gasteiger partial charge is 0.336 e. The third kappa shape index (κ3) is 11.2. The molecule has 0 bridgehead atoms. The number of carbonyl (C=O) groups is 3. The summed E-state index contributed by atoms with van der Waals surface area (Å²) in [7, 11) is -4.17. The van der Waals surface area contributed by atoms with Crippen LogP contribution in [-0.4, -0.2) is 93.6 Å². The van der Waals surface area contributed by atoms with E-state index in [1.807, 2.05) is 54.6 Å². The Bertz CT molecular complexity index is 1840. The predicted octanol–water partition coefficient (Wildman–Crippen LogP) is 3.75. The molecule has 260 valence electrons. The fourth-order valence-electron chi connectivity index (χ4n) is 4.41. The number of ether oxygens (including phenoxy) is 1. The number of rotatable bonds is 13. The van der Waals surface area contributed by atoms with Crippen LogP contribution in [0, 0.1) is 0 Å². The molecule has 20 heteroatoms. The first-order valence-electron chi connectivity index (χ1n) is 14.3. The molecule has 0 radical (unpaired) electrons. The van der Waals surface area contributed by atoms with E-state index in [1.54, 1.807) is 12.4 Å². The molecule has 4 aromatic rings. The molecule has 49 heavy (non-hydrogen) atoms. The average molecular weight is 735 g/mol. The number of para-hydroxylation sites is 1. The number of aliphatic carboxylic acids is 3. The lowest BCUT2D eigenvalue weighted by atomic mass is 9.96. The van der Waals surface area contributed by atoms with Crippen molar-refractivity contribution in [3.05, 3.63) is 72.8 Å². The fraction of sp³-hybridized carbons (Fsp3) is 0.276. The number of pyridine rings is 2. The summed E-state index contributed by atoms with van der Waals surface area (Å²) in [4.78, 5) is 44.9. The SMILES string of the molecule is O=C(O)CC(O)(CC(=O)O)C(=O)O.O=S(=O)(O)N1CCC(c2nsc(Nc3ncc(Sc4ccccn4)cc3Oc3ccccc3)n2)CC1. The number of carboxylic acid groups (broad SMARTS) is 3. The van der Waals surface area contributed by atoms with Gasteiger partial charge in [-0.15, -0.1) is 0 Å². The molecule has 1 saturated heterocycles. The Morgan fingerprint density at radius 2 is 1.65 bits per heavy atom. The zero-order chi connectivity index (χ0) is 35.6. The molecule has 0 spiro atoms. The first kappa shape index (κ1) is 37.1. The number of carboxylic acids is 3. The van der Waals surface area contributed by atoms with Gasteiger partial charge in [-0.3, -0.25) is 14.1 Å². The number of nitrogens with one attached hydrogen (secondary N) is 1. The van der Waals surface area contributed by atoms with E-state index in [0.29, 0.717) is 41.1 Å². The molecule has 1 aromatic carbocycles. The normalized spacial score (nSPS) is 13.9. The lowest BCUT2D eigenvalue weighted by Gasteiger charge is -2.27. The first-order chi connectivity index (χ1) is 23.2. The van der Waals surface area contributed by atoms with Crippen molar-refractivity contribution in [2.45, 2.75) is 47.1 Å². The number of aliphatic hydroxyl groups is 1. The third-order valence-corrected chi connectivity index (χ3v) is 9.33. The molecule has 1 fully saturated rings. The molecule has 0 saturated carbocycles. The summed E-state index contributed by atoms with van der Waals surface area (Å²) in [5, 5.41) is 38.4. The van der Waals surface area contributed by atoms with E-state index in [1.165, 1.54) is 23.3 Å². The highest BCUT2D eigenvalue weighted by Gasteiger charge is 2.40. The van der Waals surface area contributed by atoms with E-state index >= 15 is 0 Å². The summed E-state index contributed by atoms with van der Waals surface area (Å²) in [6.45, 7) is 0.467. The number of benzene rings is 1. The molecule has 1 aliphatic rings. The minimum Gasteiger partial charge on any atom is -0.481 e. The molecule has 0 amide bonds. The van der Waals surface area contributed by atoms with Crippen LogP contribution < -0.4 is 10.1 Å². The number of nitrogens with zero attached hydrogens (tertiary/aromatic N) is 5. The maximum atomic E-state index is 11.3. The van der Waals surface area contributed by atoms with Crippen LogP contribution in [0.15, 0.2) is 76.9 Å². The zero-order valence-electron chi connectivity index (χ0n) is 25.3. The van der Waals surface area contributed by atoms with Gasteiger partial charge in [0.25, 0.3) is 0 Å². The van der Waals surface area contributed by atoms with Crippen molar-refractivity contribution < 1.29 is 52.5 Å². The Hall–Kier alpha value is -4.73. The van der Waals surface area contributed by atoms with Crippen LogP contribution in [0.3, 0.4) is 0 Å². The van der Waals surface area contributed by atoms with Crippen molar-refractivity contribution in [2.24, 2.45) is 0 Å². The number of piperidine rings is 1. The lowest BCUT2D eigenvalue weighted by Crippen LogP contribution is -2.42. The van der Waals surface area contributed by atoms with Crippen LogP contribution in [0.5, 0.6) is 11.5 Å². The van der Waals surface area contributed by atoms with Gasteiger partial charge in [0.1, 0.15) is 16.6 Å². The van der Waals surface area contributed by atoms with Crippen LogP contribution in [-0.2, 0) is 24.7 Å². The van der Waals surface area contributed by atoms with Crippen molar-refractivity contribution in [2.75, 3.05) is 18.4 Å². The van der Waals surface area contributed by atoms with Gasteiger partial charge < -0.3 is 30.5 Å². The summed E-state index contributed by atoms with van der Waals surface area (Å²) < 4.78 is 43.6. The van der Waals surface area contributed by atoms with Crippen LogP contribution in [0.2, 0.25) is 0 Å². The van der Waals surface area contributed by atoms with Crippen molar-refractivity contribution in [1.29, 1.82) is 0 Å². The third-order valence-electron chi connectivity index (χ3n) is 6.76. The number of anilines is 2. The van der Waals surface area contributed by atoms with Crippen molar-refractivity contribution in [3.8, 4) is 11.5 Å². The van der Waals surface area contributed by atoms with Gasteiger partial charge in [0.05, 0.1) is 12.8 Å². The standard InChI is InChI=1S/C23H22N6O4S3.C6H8O7/c30-36(31,32)29-12-9-16(10-13-29)21-26-23(35-28-21)27-22-19(33-17-6-2-1-3-7-17)14-18(15-25-22)34-20-8-4-5-11-24-20;7-3(8)1-6(13,5(11)12)2-4(9)10/h1-8,11,14-16H,9-10,12-13H2,(H,30,31,32)(H,25,26,27,28);13H,1-2H2,(H,7,8)(H,9,10)(H,11,12). The largest absolute Gasteiger partial charge is 0.481 e. The number of hydrogen-bond acceptors (Lipinski definition) is 14. The lowest BCUT2D eigenvalue weighted by molar-refractivity contribution is -0.170. The minimum absolute atomic E-state index is 0.0138. The molecule has 0 aliphatic carbocycles. The Morgan fingerprint density at radius 1 is 1.00 bits per heavy atom. The van der Waals surface area contributed by atoms with Crippen molar-refractivity contribution in [1.82, 2.24) is 23.6 Å². The molecular weight excluding hydrogens is 705 g/mol. The molecule has 0 atom stereocenters. The highest BCUT2D eigenvalue weighted by Crippen LogP contribution is 2.36. The molecule has 1 aliphatic heterocycles. The zero-order valence-corrected chi connectivity index (χ0v) is 27.8. The number of hydrogen-bond donors (Lipinski definition) is 6. The van der Waals surface area contributed by atoms with E-state index in [2.05, 4.69) is 24.6 Å². The van der Waals surface area contributed by atoms with Gasteiger partial charge >= 0.3 is 28.2 Å². The summed E-state index contributed by atoms with van der Waals surface area (Å²) >= 11 is 2.68. The highest BCUT2D eigenvalue weighted by molar-refractivity contribution is 7.99. The molecular formula is C29H30N6O11S3. The van der Waals surface area contributed by atoms with Gasteiger partial charge in [-0.2, -0.15) is 17.1 Å². The number of aromatic nitrogens is 4. The Kier molecular flexibility index (Phi) is 12.6. The van der Waals surface area contributed by atoms with Crippen LogP contribution in [0.25, 0.3) is 0 Å². The molecule has 17 nitrogen and oxygen atoms in total. The van der Waals surface area contributed by atoms with Gasteiger partial charge in [0, 0.05) is 53.9 Å². The van der Waals surface area contributed by atoms with E-state index in [9.17, 15) is 27.4 Å². The molecule has 0 unspecified atom stereocenters. The summed E-state index contributed by atoms with van der Waals surface area (Å²) in [5.74, 6) is -2.67. The van der Waals surface area contributed by atoms with Gasteiger partial charge in [-0.25, -0.2) is 19.7 Å². The van der Waals surface area contributed by atoms with E-state index in [0.717, 1.165) is 14.2 Å². The summed E-state index contributed by atoms with van der Waals surface area (Å²) in [6, 6.07) is 17.1. The minimum atomic E-state index is -4.17. The van der Waals surface area contributed by atoms with Crippen LogP contribution in [0.4, 0.5) is 10.9 Å². The van der Waals surface area contributed by atoms with E-state index in [-0.39, 0.29) is 19.0 Å². The topological polar surface area (TPSA) is 263 Å². The Balaban J connectivity index is 0.000000355. The van der Waals surface area contributed by atoms with E-state index < -0.39 is 46.7 Å². The molecule has 3 aromatic heterocycles. The summed E-state index contributed by atoms with van der Waals surface area (Å²) in [5.41, 5.74) is -2.74. The fourth-order valence-corrected chi connectivity index (χ4v) is 6.50. The van der Waals surface area contributed by atoms with Gasteiger partial charge in [0.15, 0.2) is 17.2 Å². The van der Waals surface area contributed by atoms with Gasteiger partial charge in [-0.05, 0) is 37.1 Å².